The molecule has 2 N–H and O–H groups in total. The predicted molar refractivity (Wildman–Crippen MR) is 94.0 cm³/mol. The molecule has 0 aliphatic rings. The average Bonchev–Trinajstić information content (AvgIpc) is 2.56. The molecular formula is C18H20N4O2. The van der Waals surface area contributed by atoms with Gasteiger partial charge in [0.2, 0.25) is 5.91 Å². The van der Waals surface area contributed by atoms with Crippen LogP contribution >= 0.6 is 0 Å². The van der Waals surface area contributed by atoms with E-state index in [-0.39, 0.29) is 18.2 Å². The van der Waals surface area contributed by atoms with Gasteiger partial charge in [-0.05, 0) is 44.5 Å². The summed E-state index contributed by atoms with van der Waals surface area (Å²) in [5.41, 5.74) is 6.25. The van der Waals surface area contributed by atoms with E-state index in [9.17, 15) is 9.59 Å². The van der Waals surface area contributed by atoms with Gasteiger partial charge in [-0.15, -0.1) is 0 Å². The predicted octanol–water partition coefficient (Wildman–Crippen LogP) is 2.83. The number of nitrogens with zero attached hydrogens (tertiary/aromatic N) is 2. The van der Waals surface area contributed by atoms with Crippen molar-refractivity contribution < 1.29 is 9.59 Å². The Morgan fingerprint density at radius 3 is 2.67 bits per heavy atom. The first kappa shape index (κ1) is 17.3. The van der Waals surface area contributed by atoms with Gasteiger partial charge in [-0.25, -0.2) is 5.43 Å². The first-order chi connectivity index (χ1) is 11.5. The van der Waals surface area contributed by atoms with Gasteiger partial charge in [0.05, 0.1) is 12.0 Å². The number of pyridine rings is 1. The van der Waals surface area contributed by atoms with Gasteiger partial charge in [0.15, 0.2) is 0 Å². The van der Waals surface area contributed by atoms with E-state index in [4.69, 9.17) is 0 Å². The van der Waals surface area contributed by atoms with E-state index < -0.39 is 0 Å². The Morgan fingerprint density at radius 1 is 1.21 bits per heavy atom. The van der Waals surface area contributed by atoms with Crippen LogP contribution in [-0.2, 0) is 4.79 Å². The molecule has 1 heterocycles. The van der Waals surface area contributed by atoms with Crippen LogP contribution in [0.15, 0.2) is 47.8 Å². The van der Waals surface area contributed by atoms with Gasteiger partial charge in [0.1, 0.15) is 0 Å². The topological polar surface area (TPSA) is 83.5 Å². The lowest BCUT2D eigenvalue weighted by atomic mass is 10.1. The van der Waals surface area contributed by atoms with Gasteiger partial charge >= 0.3 is 0 Å². The Labute approximate surface area is 141 Å². The average molecular weight is 324 g/mol. The van der Waals surface area contributed by atoms with Crippen molar-refractivity contribution in [1.29, 1.82) is 0 Å². The largest absolute Gasteiger partial charge is 0.326 e. The zero-order valence-electron chi connectivity index (χ0n) is 14.0. The number of carbonyl (C=O) groups excluding carboxylic acids is 2. The second-order valence-electron chi connectivity index (χ2n) is 5.57. The second kappa shape index (κ2) is 8.01. The fraction of sp³-hybridized carbons (Fsp3) is 0.222. The van der Waals surface area contributed by atoms with Crippen LogP contribution in [0.25, 0.3) is 0 Å². The lowest BCUT2D eigenvalue weighted by Crippen LogP contribution is -2.21. The fourth-order valence-electron chi connectivity index (χ4n) is 2.13. The maximum atomic E-state index is 12.1. The van der Waals surface area contributed by atoms with Crippen molar-refractivity contribution in [3.05, 3.63) is 59.4 Å². The zero-order valence-corrected chi connectivity index (χ0v) is 14.0. The van der Waals surface area contributed by atoms with E-state index in [1.807, 2.05) is 32.0 Å². The molecule has 0 unspecified atom stereocenters. The quantitative estimate of drug-likeness (QED) is 0.655. The third kappa shape index (κ3) is 5.01. The Kier molecular flexibility index (Phi) is 5.78. The lowest BCUT2D eigenvalue weighted by Gasteiger charge is -2.09. The summed E-state index contributed by atoms with van der Waals surface area (Å²) in [6.45, 7) is 5.63. The van der Waals surface area contributed by atoms with Crippen LogP contribution in [0.3, 0.4) is 0 Å². The van der Waals surface area contributed by atoms with Crippen LogP contribution < -0.4 is 10.7 Å². The van der Waals surface area contributed by atoms with Crippen molar-refractivity contribution in [3.63, 3.8) is 0 Å². The minimum absolute atomic E-state index is 0.0979. The third-order valence-corrected chi connectivity index (χ3v) is 3.34. The molecule has 0 bridgehead atoms. The molecule has 2 amide bonds. The molecule has 6 nitrogen and oxygen atoms in total. The number of carbonyl (C=O) groups is 2. The van der Waals surface area contributed by atoms with E-state index in [0.29, 0.717) is 11.3 Å². The minimum Gasteiger partial charge on any atom is -0.326 e. The maximum Gasteiger partial charge on any atom is 0.272 e. The normalized spacial score (nSPS) is 11.0. The molecule has 24 heavy (non-hydrogen) atoms. The highest BCUT2D eigenvalue weighted by atomic mass is 16.2. The molecule has 0 aliphatic heterocycles. The number of benzene rings is 1. The van der Waals surface area contributed by atoms with Gasteiger partial charge in [-0.2, -0.15) is 5.10 Å². The van der Waals surface area contributed by atoms with Crippen LogP contribution in [0, 0.1) is 13.8 Å². The smallest absolute Gasteiger partial charge is 0.272 e. The van der Waals surface area contributed by atoms with Crippen LogP contribution in [0.2, 0.25) is 0 Å². The molecule has 0 radical (unpaired) electrons. The van der Waals surface area contributed by atoms with E-state index in [1.54, 1.807) is 25.3 Å². The molecule has 0 fully saturated rings. The fourth-order valence-corrected chi connectivity index (χ4v) is 2.13. The number of aromatic nitrogens is 1. The van der Waals surface area contributed by atoms with Gasteiger partial charge in [-0.3, -0.25) is 14.6 Å². The van der Waals surface area contributed by atoms with E-state index in [0.717, 1.165) is 16.8 Å². The highest BCUT2D eigenvalue weighted by molar-refractivity contribution is 6.06. The summed E-state index contributed by atoms with van der Waals surface area (Å²) in [7, 11) is 0. The lowest BCUT2D eigenvalue weighted by molar-refractivity contribution is -0.115. The van der Waals surface area contributed by atoms with Gasteiger partial charge in [0.25, 0.3) is 5.91 Å². The Balaban J connectivity index is 1.90. The zero-order chi connectivity index (χ0) is 17.5. The number of hydrazone groups is 1. The second-order valence-corrected chi connectivity index (χ2v) is 5.57. The number of hydrogen-bond donors (Lipinski definition) is 2. The number of aryl methyl sites for hydroxylation is 2. The van der Waals surface area contributed by atoms with Crippen molar-refractivity contribution in [1.82, 2.24) is 10.4 Å². The monoisotopic (exact) mass is 324 g/mol. The van der Waals surface area contributed by atoms with Crippen LogP contribution in [0.4, 0.5) is 5.69 Å². The molecule has 1 aromatic carbocycles. The van der Waals surface area contributed by atoms with Crippen molar-refractivity contribution in [3.8, 4) is 0 Å². The highest BCUT2D eigenvalue weighted by Crippen LogP contribution is 2.16. The summed E-state index contributed by atoms with van der Waals surface area (Å²) in [5.74, 6) is -0.545. The maximum absolute atomic E-state index is 12.1. The van der Waals surface area contributed by atoms with Crippen molar-refractivity contribution in [2.24, 2.45) is 5.10 Å². The summed E-state index contributed by atoms with van der Waals surface area (Å²) in [6.07, 6.45) is 3.14. The molecule has 0 aliphatic carbocycles. The molecule has 2 rings (SSSR count). The summed E-state index contributed by atoms with van der Waals surface area (Å²) in [4.78, 5) is 27.8. The Morgan fingerprint density at radius 2 is 2.00 bits per heavy atom. The van der Waals surface area contributed by atoms with Crippen molar-refractivity contribution >= 4 is 23.2 Å². The molecule has 0 saturated heterocycles. The summed E-state index contributed by atoms with van der Waals surface area (Å²) in [6, 6.07) is 9.13. The molecular weight excluding hydrogens is 304 g/mol. The molecule has 2 aromatic rings. The van der Waals surface area contributed by atoms with Crippen molar-refractivity contribution in [2.45, 2.75) is 27.2 Å². The molecule has 0 spiro atoms. The molecule has 0 atom stereocenters. The first-order valence-corrected chi connectivity index (χ1v) is 7.56. The number of anilines is 1. The van der Waals surface area contributed by atoms with Crippen LogP contribution in [0.5, 0.6) is 0 Å². The molecule has 0 saturated carbocycles. The SMILES string of the molecule is C/C(CC(=O)Nc1ccc(C)cc1C)=N/NC(=O)c1cccnc1. The number of hydrogen-bond acceptors (Lipinski definition) is 4. The highest BCUT2D eigenvalue weighted by Gasteiger charge is 2.08. The van der Waals surface area contributed by atoms with E-state index >= 15 is 0 Å². The van der Waals surface area contributed by atoms with Crippen LogP contribution in [-0.4, -0.2) is 22.5 Å². The number of amides is 2. The first-order valence-electron chi connectivity index (χ1n) is 7.56. The van der Waals surface area contributed by atoms with Gasteiger partial charge in [0, 0.05) is 23.8 Å². The summed E-state index contributed by atoms with van der Waals surface area (Å²) in [5, 5.41) is 6.79. The number of nitrogens with one attached hydrogen (secondary N) is 2. The molecule has 124 valence electrons. The Hall–Kier alpha value is -3.02. The van der Waals surface area contributed by atoms with Gasteiger partial charge < -0.3 is 5.32 Å². The standard InChI is InChI=1S/C18H20N4O2/c1-12-6-7-16(13(2)9-12)20-17(23)10-14(3)21-22-18(24)15-5-4-8-19-11-15/h4-9,11H,10H2,1-3H3,(H,20,23)(H,22,24)/b21-14-. The van der Waals surface area contributed by atoms with Crippen LogP contribution in [0.1, 0.15) is 34.8 Å². The summed E-state index contributed by atoms with van der Waals surface area (Å²) < 4.78 is 0. The number of rotatable bonds is 5. The molecule has 1 aromatic heterocycles. The van der Waals surface area contributed by atoms with E-state index in [1.165, 1.54) is 6.20 Å². The minimum atomic E-state index is -0.364. The van der Waals surface area contributed by atoms with Crippen molar-refractivity contribution in [2.75, 3.05) is 5.32 Å². The van der Waals surface area contributed by atoms with Gasteiger partial charge in [-0.1, -0.05) is 17.7 Å². The Bertz CT molecular complexity index is 770. The third-order valence-electron chi connectivity index (χ3n) is 3.34. The summed E-state index contributed by atoms with van der Waals surface area (Å²) >= 11 is 0. The molecule has 6 heteroatoms. The van der Waals surface area contributed by atoms with E-state index in [2.05, 4.69) is 20.8 Å².